The van der Waals surface area contributed by atoms with Gasteiger partial charge >= 0.3 is 0 Å². The van der Waals surface area contributed by atoms with Crippen LogP contribution >= 0.6 is 0 Å². The van der Waals surface area contributed by atoms with Crippen LogP contribution in [0.15, 0.2) is 60.7 Å². The highest BCUT2D eigenvalue weighted by atomic mass is 16.3. The largest absolute Gasteiger partial charge is 0.507 e. The molecule has 0 heterocycles. The fourth-order valence-electron chi connectivity index (χ4n) is 3.31. The van der Waals surface area contributed by atoms with Crippen LogP contribution in [0.4, 0.5) is 0 Å². The smallest absolute Gasteiger partial charge is 0.123 e. The van der Waals surface area contributed by atoms with Gasteiger partial charge in [-0.1, -0.05) is 60.2 Å². The Morgan fingerprint density at radius 3 is 2.57 bits per heavy atom. The minimum Gasteiger partial charge on any atom is -0.507 e. The molecule has 0 fully saturated rings. The molecule has 1 aliphatic rings. The maximum atomic E-state index is 10.3. The van der Waals surface area contributed by atoms with Gasteiger partial charge < -0.3 is 5.11 Å². The third-order valence-electron chi connectivity index (χ3n) is 4.27. The molecular formula is C20H16O. The highest BCUT2D eigenvalue weighted by molar-refractivity contribution is 5.88. The van der Waals surface area contributed by atoms with Crippen molar-refractivity contribution in [1.82, 2.24) is 0 Å². The molecule has 1 nitrogen and oxygen atoms in total. The molecule has 102 valence electrons. The van der Waals surface area contributed by atoms with Crippen molar-refractivity contribution in [3.05, 3.63) is 77.4 Å². The van der Waals surface area contributed by atoms with Crippen molar-refractivity contribution in [1.29, 1.82) is 0 Å². The zero-order valence-electron chi connectivity index (χ0n) is 11.9. The van der Waals surface area contributed by atoms with Crippen LogP contribution in [0.1, 0.15) is 16.7 Å². The summed E-state index contributed by atoms with van der Waals surface area (Å²) in [5.74, 6) is 0.381. The van der Waals surface area contributed by atoms with Gasteiger partial charge in [-0.2, -0.15) is 0 Å². The van der Waals surface area contributed by atoms with Gasteiger partial charge in [-0.25, -0.2) is 0 Å². The second kappa shape index (κ2) is 4.49. The molecule has 0 radical (unpaired) electrons. The molecule has 3 aromatic carbocycles. The Labute approximate surface area is 124 Å². The first-order valence-corrected chi connectivity index (χ1v) is 7.24. The van der Waals surface area contributed by atoms with Gasteiger partial charge in [-0.05, 0) is 47.2 Å². The van der Waals surface area contributed by atoms with Gasteiger partial charge in [0.05, 0.1) is 0 Å². The monoisotopic (exact) mass is 272 g/mol. The normalized spacial score (nSPS) is 12.0. The van der Waals surface area contributed by atoms with Crippen molar-refractivity contribution in [3.8, 4) is 28.0 Å². The number of aromatic hydroxyl groups is 1. The molecule has 0 saturated carbocycles. The lowest BCUT2D eigenvalue weighted by molar-refractivity contribution is 0.477. The average molecular weight is 272 g/mol. The molecular weight excluding hydrogens is 256 g/mol. The van der Waals surface area contributed by atoms with Crippen molar-refractivity contribution in [2.24, 2.45) is 0 Å². The number of benzene rings is 3. The third-order valence-corrected chi connectivity index (χ3v) is 4.27. The first kappa shape index (κ1) is 12.2. The zero-order chi connectivity index (χ0) is 14.4. The van der Waals surface area contributed by atoms with Crippen LogP contribution in [0, 0.1) is 6.92 Å². The van der Waals surface area contributed by atoms with Crippen molar-refractivity contribution in [2.45, 2.75) is 13.3 Å². The molecule has 0 amide bonds. The van der Waals surface area contributed by atoms with E-state index in [1.807, 2.05) is 18.2 Å². The van der Waals surface area contributed by atoms with Gasteiger partial charge in [0.1, 0.15) is 5.75 Å². The van der Waals surface area contributed by atoms with E-state index in [1.54, 1.807) is 0 Å². The summed E-state index contributed by atoms with van der Waals surface area (Å²) in [5, 5.41) is 10.3. The van der Waals surface area contributed by atoms with Crippen LogP contribution in [0.2, 0.25) is 0 Å². The Morgan fingerprint density at radius 2 is 1.71 bits per heavy atom. The van der Waals surface area contributed by atoms with Crippen molar-refractivity contribution < 1.29 is 5.11 Å². The Morgan fingerprint density at radius 1 is 0.857 bits per heavy atom. The minimum atomic E-state index is 0.381. The number of aryl methyl sites for hydroxylation is 1. The number of rotatable bonds is 1. The van der Waals surface area contributed by atoms with Crippen molar-refractivity contribution in [2.75, 3.05) is 0 Å². The molecule has 0 unspecified atom stereocenters. The van der Waals surface area contributed by atoms with E-state index in [1.165, 1.54) is 33.4 Å². The second-order valence-corrected chi connectivity index (χ2v) is 5.69. The van der Waals surface area contributed by atoms with E-state index in [0.717, 1.165) is 12.0 Å². The lowest BCUT2D eigenvalue weighted by Gasteiger charge is -2.11. The molecule has 0 aliphatic heterocycles. The van der Waals surface area contributed by atoms with Crippen LogP contribution in [0.3, 0.4) is 0 Å². The van der Waals surface area contributed by atoms with Crippen LogP contribution in [-0.4, -0.2) is 5.11 Å². The molecule has 0 saturated heterocycles. The number of hydrogen-bond acceptors (Lipinski definition) is 1. The molecule has 1 aliphatic carbocycles. The Balaban J connectivity index is 1.98. The van der Waals surface area contributed by atoms with Gasteiger partial charge in [-0.15, -0.1) is 0 Å². The first-order valence-electron chi connectivity index (χ1n) is 7.24. The van der Waals surface area contributed by atoms with E-state index >= 15 is 0 Å². The molecule has 0 spiro atoms. The Bertz CT molecular complexity index is 846. The summed E-state index contributed by atoms with van der Waals surface area (Å²) < 4.78 is 0. The molecule has 0 atom stereocenters. The average Bonchev–Trinajstić information content (AvgIpc) is 2.87. The summed E-state index contributed by atoms with van der Waals surface area (Å²) in [4.78, 5) is 0. The summed E-state index contributed by atoms with van der Waals surface area (Å²) in [6, 6.07) is 20.7. The third kappa shape index (κ3) is 1.85. The van der Waals surface area contributed by atoms with Crippen molar-refractivity contribution >= 4 is 0 Å². The molecule has 1 N–H and O–H groups in total. The predicted molar refractivity (Wildman–Crippen MR) is 86.5 cm³/mol. The maximum Gasteiger partial charge on any atom is 0.123 e. The fraction of sp³-hybridized carbons (Fsp3) is 0.100. The number of phenols is 1. The van der Waals surface area contributed by atoms with Gasteiger partial charge in [-0.3, -0.25) is 0 Å². The Hall–Kier alpha value is -2.54. The predicted octanol–water partition coefficient (Wildman–Crippen LogP) is 4.94. The second-order valence-electron chi connectivity index (χ2n) is 5.69. The SMILES string of the molecule is Cc1cccc(-c2ccc(O)c3c2Cc2ccccc2-3)c1. The van der Waals surface area contributed by atoms with E-state index in [-0.39, 0.29) is 0 Å². The van der Waals surface area contributed by atoms with E-state index in [9.17, 15) is 5.11 Å². The molecule has 0 aromatic heterocycles. The van der Waals surface area contributed by atoms with Gasteiger partial charge in [0.25, 0.3) is 0 Å². The molecule has 3 aromatic rings. The lowest BCUT2D eigenvalue weighted by Crippen LogP contribution is -1.89. The summed E-state index contributed by atoms with van der Waals surface area (Å²) in [7, 11) is 0. The summed E-state index contributed by atoms with van der Waals surface area (Å²) in [6.07, 6.45) is 0.892. The lowest BCUT2D eigenvalue weighted by atomic mass is 9.94. The molecule has 1 heteroatoms. The van der Waals surface area contributed by atoms with Crippen LogP contribution in [-0.2, 0) is 6.42 Å². The van der Waals surface area contributed by atoms with E-state index in [2.05, 4.69) is 49.4 Å². The van der Waals surface area contributed by atoms with Crippen LogP contribution in [0.25, 0.3) is 22.3 Å². The maximum absolute atomic E-state index is 10.3. The minimum absolute atomic E-state index is 0.381. The molecule has 4 rings (SSSR count). The summed E-state index contributed by atoms with van der Waals surface area (Å²) in [6.45, 7) is 2.11. The fourth-order valence-corrected chi connectivity index (χ4v) is 3.31. The van der Waals surface area contributed by atoms with Gasteiger partial charge in [0.2, 0.25) is 0 Å². The first-order chi connectivity index (χ1) is 10.2. The standard InChI is InChI=1S/C20H16O/c1-13-5-4-7-14(11-13)16-9-10-19(21)20-17-8-3-2-6-15(17)12-18(16)20/h2-11,21H,12H2,1H3. The van der Waals surface area contributed by atoms with Crippen molar-refractivity contribution in [3.63, 3.8) is 0 Å². The quantitative estimate of drug-likeness (QED) is 0.520. The van der Waals surface area contributed by atoms with Gasteiger partial charge in [0, 0.05) is 5.56 Å². The van der Waals surface area contributed by atoms with E-state index in [4.69, 9.17) is 0 Å². The zero-order valence-corrected chi connectivity index (χ0v) is 11.9. The van der Waals surface area contributed by atoms with Crippen LogP contribution in [0.5, 0.6) is 5.75 Å². The highest BCUT2D eigenvalue weighted by Crippen LogP contribution is 2.46. The van der Waals surface area contributed by atoms with Gasteiger partial charge in [0.15, 0.2) is 0 Å². The number of phenolic OH excluding ortho intramolecular Hbond substituents is 1. The highest BCUT2D eigenvalue weighted by Gasteiger charge is 2.24. The van der Waals surface area contributed by atoms with E-state index < -0.39 is 0 Å². The molecule has 21 heavy (non-hydrogen) atoms. The topological polar surface area (TPSA) is 20.2 Å². The summed E-state index contributed by atoms with van der Waals surface area (Å²) in [5.41, 5.74) is 8.40. The summed E-state index contributed by atoms with van der Waals surface area (Å²) >= 11 is 0. The Kier molecular flexibility index (Phi) is 2.61. The number of hydrogen-bond donors (Lipinski definition) is 1. The number of fused-ring (bicyclic) bond motifs is 3. The van der Waals surface area contributed by atoms with Crippen LogP contribution < -0.4 is 0 Å². The molecule has 0 bridgehead atoms. The van der Waals surface area contributed by atoms with E-state index in [0.29, 0.717) is 5.75 Å².